The number of ether oxygens (including phenoxy) is 1. The predicted molar refractivity (Wildman–Crippen MR) is 74.7 cm³/mol. The lowest BCUT2D eigenvalue weighted by Gasteiger charge is -2.32. The number of hydrogen-bond acceptors (Lipinski definition) is 4. The van der Waals surface area contributed by atoms with Crippen molar-refractivity contribution in [2.75, 3.05) is 39.8 Å². The van der Waals surface area contributed by atoms with Gasteiger partial charge < -0.3 is 15.4 Å². The summed E-state index contributed by atoms with van der Waals surface area (Å²) in [6.07, 6.45) is 5.84. The standard InChI is InChI=1S/C14H29N3O/c1-12-5-6-14(18-12)13(11-15)16(2)9-10-17-7-3-4-8-17/h12-14H,3-11,15H2,1-2H3. The van der Waals surface area contributed by atoms with Crippen molar-refractivity contribution in [3.05, 3.63) is 0 Å². The van der Waals surface area contributed by atoms with Crippen LogP contribution in [-0.4, -0.2) is 67.8 Å². The molecule has 4 heteroatoms. The molecule has 0 amide bonds. The minimum atomic E-state index is 0.341. The summed E-state index contributed by atoms with van der Waals surface area (Å²) in [7, 11) is 2.19. The molecule has 0 radical (unpaired) electrons. The minimum Gasteiger partial charge on any atom is -0.374 e. The molecule has 0 saturated carbocycles. The number of likely N-dealkylation sites (tertiary alicyclic amines) is 1. The normalized spacial score (nSPS) is 31.3. The van der Waals surface area contributed by atoms with E-state index in [4.69, 9.17) is 10.5 Å². The molecule has 0 bridgehead atoms. The zero-order valence-electron chi connectivity index (χ0n) is 12.0. The lowest BCUT2D eigenvalue weighted by atomic mass is 10.1. The molecule has 2 saturated heterocycles. The number of rotatable bonds is 6. The molecular weight excluding hydrogens is 226 g/mol. The van der Waals surface area contributed by atoms with Crippen LogP contribution in [0.5, 0.6) is 0 Å². The van der Waals surface area contributed by atoms with E-state index in [9.17, 15) is 0 Å². The van der Waals surface area contributed by atoms with E-state index in [0.717, 1.165) is 13.0 Å². The molecule has 0 spiro atoms. The van der Waals surface area contributed by atoms with Crippen molar-refractivity contribution < 1.29 is 4.74 Å². The summed E-state index contributed by atoms with van der Waals surface area (Å²) in [6, 6.07) is 0.387. The summed E-state index contributed by atoms with van der Waals surface area (Å²) in [5.74, 6) is 0. The Morgan fingerprint density at radius 2 is 2.06 bits per heavy atom. The smallest absolute Gasteiger partial charge is 0.0746 e. The Kier molecular flexibility index (Phi) is 5.42. The van der Waals surface area contributed by atoms with Crippen molar-refractivity contribution in [3.8, 4) is 0 Å². The Labute approximate surface area is 111 Å². The zero-order chi connectivity index (χ0) is 13.0. The van der Waals surface area contributed by atoms with Gasteiger partial charge in [0.25, 0.3) is 0 Å². The Hall–Kier alpha value is -0.160. The Morgan fingerprint density at radius 1 is 1.33 bits per heavy atom. The monoisotopic (exact) mass is 255 g/mol. The fourth-order valence-electron chi connectivity index (χ4n) is 3.20. The maximum absolute atomic E-state index is 5.97. The molecule has 0 aromatic rings. The van der Waals surface area contributed by atoms with Crippen molar-refractivity contribution in [2.45, 2.75) is 50.9 Å². The molecule has 2 fully saturated rings. The molecule has 2 aliphatic rings. The minimum absolute atomic E-state index is 0.341. The summed E-state index contributed by atoms with van der Waals surface area (Å²) in [5.41, 5.74) is 5.95. The van der Waals surface area contributed by atoms with Crippen LogP contribution in [-0.2, 0) is 4.74 Å². The maximum atomic E-state index is 5.97. The van der Waals surface area contributed by atoms with Crippen LogP contribution in [0.3, 0.4) is 0 Å². The first-order chi connectivity index (χ1) is 8.70. The Bertz CT molecular complexity index is 243. The largest absolute Gasteiger partial charge is 0.374 e. The van der Waals surface area contributed by atoms with Gasteiger partial charge in [0.1, 0.15) is 0 Å². The molecule has 0 aromatic heterocycles. The van der Waals surface area contributed by atoms with Crippen LogP contribution in [0, 0.1) is 0 Å². The third kappa shape index (κ3) is 3.67. The van der Waals surface area contributed by atoms with Crippen molar-refractivity contribution in [1.82, 2.24) is 9.80 Å². The summed E-state index contributed by atoms with van der Waals surface area (Å²) in [6.45, 7) is 7.70. The number of nitrogens with zero attached hydrogens (tertiary/aromatic N) is 2. The number of nitrogens with two attached hydrogens (primary N) is 1. The molecule has 4 nitrogen and oxygen atoms in total. The van der Waals surface area contributed by atoms with E-state index < -0.39 is 0 Å². The van der Waals surface area contributed by atoms with Gasteiger partial charge in [-0.3, -0.25) is 4.90 Å². The average Bonchev–Trinajstić information content (AvgIpc) is 2.99. The van der Waals surface area contributed by atoms with E-state index in [1.54, 1.807) is 0 Å². The summed E-state index contributed by atoms with van der Waals surface area (Å²) >= 11 is 0. The average molecular weight is 255 g/mol. The molecule has 2 rings (SSSR count). The summed E-state index contributed by atoms with van der Waals surface area (Å²) in [4.78, 5) is 4.96. The van der Waals surface area contributed by atoms with Gasteiger partial charge in [-0.1, -0.05) is 0 Å². The number of hydrogen-bond donors (Lipinski definition) is 1. The van der Waals surface area contributed by atoms with Crippen LogP contribution < -0.4 is 5.73 Å². The highest BCUT2D eigenvalue weighted by molar-refractivity contribution is 4.85. The fraction of sp³-hybridized carbons (Fsp3) is 1.00. The van der Waals surface area contributed by atoms with Crippen LogP contribution in [0.2, 0.25) is 0 Å². The summed E-state index contributed by atoms with van der Waals surface area (Å²) in [5, 5.41) is 0. The highest BCUT2D eigenvalue weighted by Gasteiger charge is 2.31. The van der Waals surface area contributed by atoms with Crippen LogP contribution in [0.4, 0.5) is 0 Å². The predicted octanol–water partition coefficient (Wildman–Crippen LogP) is 0.909. The molecule has 2 aliphatic heterocycles. The lowest BCUT2D eigenvalue weighted by Crippen LogP contribution is -2.48. The van der Waals surface area contributed by atoms with Gasteiger partial charge >= 0.3 is 0 Å². The van der Waals surface area contributed by atoms with Crippen molar-refractivity contribution in [2.24, 2.45) is 5.73 Å². The van der Waals surface area contributed by atoms with Crippen molar-refractivity contribution in [3.63, 3.8) is 0 Å². The van der Waals surface area contributed by atoms with Crippen LogP contribution >= 0.6 is 0 Å². The molecule has 3 atom stereocenters. The first-order valence-electron chi connectivity index (χ1n) is 7.49. The summed E-state index contributed by atoms with van der Waals surface area (Å²) < 4.78 is 5.97. The third-order valence-corrected chi connectivity index (χ3v) is 4.47. The van der Waals surface area contributed by atoms with E-state index >= 15 is 0 Å². The van der Waals surface area contributed by atoms with Gasteiger partial charge in [0.05, 0.1) is 12.2 Å². The third-order valence-electron chi connectivity index (χ3n) is 4.47. The van der Waals surface area contributed by atoms with Gasteiger partial charge in [0.15, 0.2) is 0 Å². The van der Waals surface area contributed by atoms with E-state index in [0.29, 0.717) is 24.8 Å². The molecule has 3 unspecified atom stereocenters. The molecule has 2 N–H and O–H groups in total. The van der Waals surface area contributed by atoms with Gasteiger partial charge in [0, 0.05) is 25.7 Å². The van der Waals surface area contributed by atoms with Crippen molar-refractivity contribution >= 4 is 0 Å². The molecule has 0 aliphatic carbocycles. The molecule has 0 aromatic carbocycles. The lowest BCUT2D eigenvalue weighted by molar-refractivity contribution is 0.00137. The van der Waals surface area contributed by atoms with Gasteiger partial charge in [-0.25, -0.2) is 0 Å². The van der Waals surface area contributed by atoms with Crippen LogP contribution in [0.25, 0.3) is 0 Å². The fourth-order valence-corrected chi connectivity index (χ4v) is 3.20. The van der Waals surface area contributed by atoms with E-state index in [2.05, 4.69) is 23.8 Å². The molecular formula is C14H29N3O. The zero-order valence-corrected chi connectivity index (χ0v) is 12.0. The number of likely N-dealkylation sites (N-methyl/N-ethyl adjacent to an activating group) is 1. The molecule has 2 heterocycles. The van der Waals surface area contributed by atoms with Gasteiger partial charge in [-0.2, -0.15) is 0 Å². The van der Waals surface area contributed by atoms with Gasteiger partial charge in [0.2, 0.25) is 0 Å². The highest BCUT2D eigenvalue weighted by Crippen LogP contribution is 2.23. The Balaban J connectivity index is 1.75. The Morgan fingerprint density at radius 3 is 2.61 bits per heavy atom. The van der Waals surface area contributed by atoms with Gasteiger partial charge in [-0.05, 0) is 52.7 Å². The van der Waals surface area contributed by atoms with E-state index in [1.807, 2.05) is 0 Å². The molecule has 18 heavy (non-hydrogen) atoms. The topological polar surface area (TPSA) is 41.7 Å². The molecule has 106 valence electrons. The quantitative estimate of drug-likeness (QED) is 0.766. The van der Waals surface area contributed by atoms with Crippen molar-refractivity contribution in [1.29, 1.82) is 0 Å². The van der Waals surface area contributed by atoms with E-state index in [-0.39, 0.29) is 0 Å². The van der Waals surface area contributed by atoms with Crippen LogP contribution in [0.15, 0.2) is 0 Å². The van der Waals surface area contributed by atoms with Crippen LogP contribution in [0.1, 0.15) is 32.6 Å². The highest BCUT2D eigenvalue weighted by atomic mass is 16.5. The van der Waals surface area contributed by atoms with Gasteiger partial charge in [-0.15, -0.1) is 0 Å². The second-order valence-corrected chi connectivity index (χ2v) is 5.89. The second-order valence-electron chi connectivity index (χ2n) is 5.89. The second kappa shape index (κ2) is 6.85. The first-order valence-corrected chi connectivity index (χ1v) is 7.49. The maximum Gasteiger partial charge on any atom is 0.0746 e. The van der Waals surface area contributed by atoms with E-state index in [1.165, 1.54) is 38.9 Å². The first kappa shape index (κ1) is 14.3. The SMILES string of the molecule is CC1CCC(C(CN)N(C)CCN2CCCC2)O1.